The summed E-state index contributed by atoms with van der Waals surface area (Å²) in [5.41, 5.74) is 3.80. The quantitative estimate of drug-likeness (QED) is 0.145. The highest BCUT2D eigenvalue weighted by atomic mass is 28.3. The highest BCUT2D eigenvalue weighted by Gasteiger charge is 2.27. The maximum Gasteiger partial charge on any atom is 0.387 e. The zero-order valence-electron chi connectivity index (χ0n) is 23.1. The Morgan fingerprint density at radius 1 is 1.07 bits per heavy atom. The molecule has 40 heavy (non-hydrogen) atoms. The first-order valence-corrected chi connectivity index (χ1v) is 17.4. The highest BCUT2D eigenvalue weighted by Crippen LogP contribution is 2.39. The molecule has 0 radical (unpaired) electrons. The van der Waals surface area contributed by atoms with Crippen molar-refractivity contribution in [3.05, 3.63) is 76.2 Å². The molecular weight excluding hydrogens is 532 g/mol. The molecule has 1 aliphatic carbocycles. The zero-order chi connectivity index (χ0) is 28.3. The summed E-state index contributed by atoms with van der Waals surface area (Å²) in [6, 6.07) is 16.0. The molecule has 1 aliphatic rings. The summed E-state index contributed by atoms with van der Waals surface area (Å²) < 4.78 is 43.9. The Bertz CT molecular complexity index is 1510. The number of aromatic nitrogens is 3. The van der Waals surface area contributed by atoms with Gasteiger partial charge in [0.15, 0.2) is 11.5 Å². The molecule has 2 aromatic heterocycles. The minimum Gasteiger partial charge on any atom is -0.487 e. The molecule has 212 valence electrons. The van der Waals surface area contributed by atoms with Gasteiger partial charge in [-0.05, 0) is 61.1 Å². The van der Waals surface area contributed by atoms with Crippen molar-refractivity contribution in [3.8, 4) is 22.8 Å². The van der Waals surface area contributed by atoms with Crippen LogP contribution in [0.1, 0.15) is 24.0 Å². The van der Waals surface area contributed by atoms with Crippen molar-refractivity contribution in [2.24, 2.45) is 0 Å². The van der Waals surface area contributed by atoms with Crippen molar-refractivity contribution in [3.63, 3.8) is 0 Å². The second-order valence-electron chi connectivity index (χ2n) is 11.4. The van der Waals surface area contributed by atoms with Gasteiger partial charge < -0.3 is 19.2 Å². The van der Waals surface area contributed by atoms with Gasteiger partial charge in [-0.15, -0.1) is 0 Å². The minimum absolute atomic E-state index is 0.00658. The van der Waals surface area contributed by atoms with E-state index in [1.54, 1.807) is 18.3 Å². The van der Waals surface area contributed by atoms with Crippen LogP contribution in [0, 0.1) is 0 Å². The number of aryl methyl sites for hydroxylation is 2. The van der Waals surface area contributed by atoms with Crippen molar-refractivity contribution >= 4 is 19.0 Å². The number of alkyl halides is 2. The van der Waals surface area contributed by atoms with Crippen molar-refractivity contribution in [1.29, 1.82) is 0 Å². The van der Waals surface area contributed by atoms with Crippen LogP contribution in [-0.2, 0) is 24.3 Å². The van der Waals surface area contributed by atoms with Gasteiger partial charge in [0.2, 0.25) is 0 Å². The molecule has 0 unspecified atom stereocenters. The van der Waals surface area contributed by atoms with Crippen LogP contribution in [0.3, 0.4) is 0 Å². The number of H-pyrrole nitrogens is 1. The van der Waals surface area contributed by atoms with E-state index in [1.165, 1.54) is 10.7 Å². The number of hydrogen-bond acceptors (Lipinski definition) is 5. The summed E-state index contributed by atoms with van der Waals surface area (Å²) in [4.78, 5) is 17.0. The number of nitrogens with one attached hydrogen (secondary N) is 1. The molecule has 10 heteroatoms. The number of aromatic amines is 1. The van der Waals surface area contributed by atoms with E-state index in [9.17, 15) is 13.6 Å². The van der Waals surface area contributed by atoms with Gasteiger partial charge in [0.1, 0.15) is 6.73 Å². The molecule has 1 saturated carbocycles. The fourth-order valence-corrected chi connectivity index (χ4v) is 5.31. The predicted molar refractivity (Wildman–Crippen MR) is 154 cm³/mol. The third-order valence-corrected chi connectivity index (χ3v) is 8.59. The van der Waals surface area contributed by atoms with Gasteiger partial charge in [-0.2, -0.15) is 13.9 Å². The first-order chi connectivity index (χ1) is 19.2. The van der Waals surface area contributed by atoms with Gasteiger partial charge in [0, 0.05) is 20.2 Å². The number of benzene rings is 2. The monoisotopic (exact) mass is 567 g/mol. The SMILES string of the molecule is C[Si](C)(C)CCOCn1ncc2[nH]c(-c3ccc(OC(F)F)c(OC4CC4)c3)c(CCc3ccccc3)c2c1=O. The molecular formula is C30H35F2N3O4Si. The van der Waals surface area contributed by atoms with E-state index in [2.05, 4.69) is 41.9 Å². The van der Waals surface area contributed by atoms with Crippen molar-refractivity contribution in [2.45, 2.75) is 70.8 Å². The summed E-state index contributed by atoms with van der Waals surface area (Å²) in [6.07, 6.45) is 4.68. The first kappa shape index (κ1) is 28.0. The van der Waals surface area contributed by atoms with Gasteiger partial charge in [-0.1, -0.05) is 50.0 Å². The van der Waals surface area contributed by atoms with Crippen molar-refractivity contribution in [2.75, 3.05) is 6.61 Å². The van der Waals surface area contributed by atoms with E-state index < -0.39 is 14.7 Å². The lowest BCUT2D eigenvalue weighted by Gasteiger charge is -2.15. The van der Waals surface area contributed by atoms with Gasteiger partial charge >= 0.3 is 6.61 Å². The number of rotatable bonds is 13. The third kappa shape index (κ3) is 6.97. The van der Waals surface area contributed by atoms with Gasteiger partial charge in [-0.25, -0.2) is 4.68 Å². The van der Waals surface area contributed by atoms with Gasteiger partial charge in [0.05, 0.1) is 28.9 Å². The number of nitrogens with zero attached hydrogens (tertiary/aromatic N) is 2. The maximum absolute atomic E-state index is 13.7. The second kappa shape index (κ2) is 11.9. The molecule has 2 aromatic carbocycles. The molecule has 0 amide bonds. The molecule has 2 heterocycles. The summed E-state index contributed by atoms with van der Waals surface area (Å²) in [6.45, 7) is 4.54. The normalized spacial score (nSPS) is 13.8. The molecule has 0 spiro atoms. The second-order valence-corrected chi connectivity index (χ2v) is 17.0. The molecule has 0 atom stereocenters. The molecule has 1 N–H and O–H groups in total. The molecule has 0 saturated heterocycles. The van der Waals surface area contributed by atoms with Crippen LogP contribution >= 0.6 is 0 Å². The summed E-state index contributed by atoms with van der Waals surface area (Å²) in [5, 5.41) is 4.90. The fourth-order valence-electron chi connectivity index (χ4n) is 4.56. The fraction of sp³-hybridized carbons (Fsp3) is 0.400. The van der Waals surface area contributed by atoms with E-state index >= 15 is 0 Å². The molecule has 7 nitrogen and oxygen atoms in total. The van der Waals surface area contributed by atoms with Gasteiger partial charge in [0.25, 0.3) is 5.56 Å². The molecule has 5 rings (SSSR count). The maximum atomic E-state index is 13.7. The average Bonchev–Trinajstić information content (AvgIpc) is 3.65. The van der Waals surface area contributed by atoms with Crippen LogP contribution < -0.4 is 15.0 Å². The Balaban J connectivity index is 1.53. The Morgan fingerprint density at radius 3 is 2.55 bits per heavy atom. The highest BCUT2D eigenvalue weighted by molar-refractivity contribution is 6.76. The topological polar surface area (TPSA) is 78.4 Å². The molecule has 0 aliphatic heterocycles. The van der Waals surface area contributed by atoms with Crippen LogP contribution in [-0.4, -0.2) is 42.2 Å². The number of ether oxygens (including phenoxy) is 3. The van der Waals surface area contributed by atoms with Crippen LogP contribution in [0.15, 0.2) is 59.5 Å². The average molecular weight is 568 g/mol. The van der Waals surface area contributed by atoms with E-state index in [4.69, 9.17) is 14.2 Å². The summed E-state index contributed by atoms with van der Waals surface area (Å²) >= 11 is 0. The smallest absolute Gasteiger partial charge is 0.387 e. The van der Waals surface area contributed by atoms with E-state index in [0.717, 1.165) is 35.7 Å². The predicted octanol–water partition coefficient (Wildman–Crippen LogP) is 6.63. The van der Waals surface area contributed by atoms with E-state index in [0.29, 0.717) is 35.9 Å². The van der Waals surface area contributed by atoms with Crippen molar-refractivity contribution in [1.82, 2.24) is 14.8 Å². The third-order valence-electron chi connectivity index (χ3n) is 6.89. The summed E-state index contributed by atoms with van der Waals surface area (Å²) in [5.74, 6) is 0.256. The van der Waals surface area contributed by atoms with Crippen LogP contribution in [0.5, 0.6) is 11.5 Å². The van der Waals surface area contributed by atoms with Crippen LogP contribution in [0.2, 0.25) is 25.7 Å². The molecule has 4 aromatic rings. The first-order valence-electron chi connectivity index (χ1n) is 13.7. The minimum atomic E-state index is -2.96. The Morgan fingerprint density at radius 2 is 1.85 bits per heavy atom. The Hall–Kier alpha value is -3.50. The lowest BCUT2D eigenvalue weighted by molar-refractivity contribution is -0.0516. The largest absolute Gasteiger partial charge is 0.487 e. The number of fused-ring (bicyclic) bond motifs is 1. The van der Waals surface area contributed by atoms with Gasteiger partial charge in [-0.3, -0.25) is 4.79 Å². The van der Waals surface area contributed by atoms with Crippen LogP contribution in [0.4, 0.5) is 8.78 Å². The summed E-state index contributed by atoms with van der Waals surface area (Å²) in [7, 11) is -1.26. The number of halogens is 2. The lowest BCUT2D eigenvalue weighted by atomic mass is 9.99. The Labute approximate surface area is 233 Å². The molecule has 0 bridgehead atoms. The van der Waals surface area contributed by atoms with Crippen molar-refractivity contribution < 1.29 is 23.0 Å². The van der Waals surface area contributed by atoms with E-state index in [-0.39, 0.29) is 29.9 Å². The Kier molecular flexibility index (Phi) is 8.37. The molecule has 1 fully saturated rings. The lowest BCUT2D eigenvalue weighted by Crippen LogP contribution is -2.26. The van der Waals surface area contributed by atoms with Crippen LogP contribution in [0.25, 0.3) is 22.2 Å². The number of hydrogen-bond donors (Lipinski definition) is 1. The van der Waals surface area contributed by atoms with E-state index in [1.807, 2.05) is 18.2 Å². The zero-order valence-corrected chi connectivity index (χ0v) is 24.1. The standard InChI is InChI=1S/C30H35F2N3O4Si/c1-40(2,3)16-15-37-19-35-29(36)27-23(13-9-20-7-5-4-6-8-20)28(34-24(27)18-33-35)21-10-14-25(39-30(31)32)26(17-21)38-22-11-12-22/h4-8,10,14,17-18,22,30,34H,9,11-13,15-16,19H2,1-3H3.